The third-order valence-corrected chi connectivity index (χ3v) is 4.19. The van der Waals surface area contributed by atoms with Gasteiger partial charge in [-0.25, -0.2) is 0 Å². The third-order valence-electron chi connectivity index (χ3n) is 4.19. The number of nitrogens with two attached hydrogens (primary N) is 1. The number of hydrogen-bond donors (Lipinski definition) is 1. The predicted molar refractivity (Wildman–Crippen MR) is 90.5 cm³/mol. The Kier molecular flexibility index (Phi) is 4.76. The molecule has 1 aromatic carbocycles. The van der Waals surface area contributed by atoms with Gasteiger partial charge in [-0.3, -0.25) is 0 Å². The first kappa shape index (κ1) is 17.2. The summed E-state index contributed by atoms with van der Waals surface area (Å²) in [6.45, 7) is 19.1. The van der Waals surface area contributed by atoms with E-state index in [1.165, 1.54) is 16.7 Å². The summed E-state index contributed by atoms with van der Waals surface area (Å²) in [7, 11) is 0. The molecule has 114 valence electrons. The third kappa shape index (κ3) is 3.85. The van der Waals surface area contributed by atoms with Crippen LogP contribution in [0.15, 0.2) is 18.2 Å². The minimum Gasteiger partial charge on any atom is -0.330 e. The summed E-state index contributed by atoms with van der Waals surface area (Å²) in [4.78, 5) is 0. The minimum absolute atomic E-state index is 0.133. The Bertz CT molecular complexity index is 456. The van der Waals surface area contributed by atoms with Gasteiger partial charge in [0.1, 0.15) is 0 Å². The molecule has 1 heteroatoms. The van der Waals surface area contributed by atoms with E-state index in [4.69, 9.17) is 5.73 Å². The van der Waals surface area contributed by atoms with Crippen LogP contribution in [0.3, 0.4) is 0 Å². The van der Waals surface area contributed by atoms with Gasteiger partial charge in [-0.15, -0.1) is 0 Å². The lowest BCUT2D eigenvalue weighted by atomic mass is 9.71. The molecule has 0 radical (unpaired) electrons. The second-order valence-corrected chi connectivity index (χ2v) is 8.68. The van der Waals surface area contributed by atoms with Crippen LogP contribution in [0, 0.1) is 0 Å². The Labute approximate surface area is 126 Å². The van der Waals surface area contributed by atoms with Crippen molar-refractivity contribution < 1.29 is 0 Å². The van der Waals surface area contributed by atoms with Gasteiger partial charge in [-0.1, -0.05) is 73.6 Å². The normalized spacial score (nSPS) is 13.7. The first-order valence-electron chi connectivity index (χ1n) is 7.75. The van der Waals surface area contributed by atoms with Crippen LogP contribution in [0.2, 0.25) is 0 Å². The summed E-state index contributed by atoms with van der Waals surface area (Å²) in [6.07, 6.45) is 1.02. The quantitative estimate of drug-likeness (QED) is 0.833. The van der Waals surface area contributed by atoms with Crippen LogP contribution in [0.4, 0.5) is 0 Å². The van der Waals surface area contributed by atoms with Crippen molar-refractivity contribution >= 4 is 0 Å². The van der Waals surface area contributed by atoms with Crippen molar-refractivity contribution in [1.29, 1.82) is 0 Å². The van der Waals surface area contributed by atoms with Gasteiger partial charge in [0.15, 0.2) is 0 Å². The van der Waals surface area contributed by atoms with Crippen LogP contribution in [0.1, 0.15) is 78.5 Å². The maximum absolute atomic E-state index is 5.81. The van der Waals surface area contributed by atoms with Gasteiger partial charge >= 0.3 is 0 Å². The number of rotatable bonds is 3. The Morgan fingerprint density at radius 1 is 0.800 bits per heavy atom. The Hall–Kier alpha value is -0.820. The Morgan fingerprint density at radius 2 is 1.35 bits per heavy atom. The van der Waals surface area contributed by atoms with E-state index in [1.54, 1.807) is 0 Å². The lowest BCUT2D eigenvalue weighted by molar-refractivity contribution is 0.463. The molecular formula is C19H33N. The van der Waals surface area contributed by atoms with E-state index < -0.39 is 0 Å². The van der Waals surface area contributed by atoms with Gasteiger partial charge in [-0.2, -0.15) is 0 Å². The highest BCUT2D eigenvalue weighted by Crippen LogP contribution is 2.38. The number of hydrogen-bond acceptors (Lipinski definition) is 1. The second kappa shape index (κ2) is 5.52. The van der Waals surface area contributed by atoms with E-state index in [0.29, 0.717) is 0 Å². The molecule has 0 aliphatic carbocycles. The van der Waals surface area contributed by atoms with Gasteiger partial charge in [0, 0.05) is 0 Å². The average molecular weight is 275 g/mol. The zero-order valence-corrected chi connectivity index (χ0v) is 14.7. The lowest BCUT2D eigenvalue weighted by Crippen LogP contribution is -2.28. The fourth-order valence-electron chi connectivity index (χ4n) is 2.72. The minimum atomic E-state index is 0.133. The van der Waals surface area contributed by atoms with Gasteiger partial charge in [0.05, 0.1) is 0 Å². The van der Waals surface area contributed by atoms with E-state index in [2.05, 4.69) is 73.6 Å². The molecule has 0 spiro atoms. The summed E-state index contributed by atoms with van der Waals surface area (Å²) in [6, 6.07) is 7.03. The second-order valence-electron chi connectivity index (χ2n) is 8.68. The van der Waals surface area contributed by atoms with Crippen molar-refractivity contribution in [1.82, 2.24) is 0 Å². The highest BCUT2D eigenvalue weighted by atomic mass is 14.5. The van der Waals surface area contributed by atoms with Crippen molar-refractivity contribution in [3.63, 3.8) is 0 Å². The zero-order valence-electron chi connectivity index (χ0n) is 14.7. The van der Waals surface area contributed by atoms with Crippen LogP contribution >= 0.6 is 0 Å². The molecule has 0 atom stereocenters. The molecule has 0 amide bonds. The van der Waals surface area contributed by atoms with Crippen molar-refractivity contribution in [3.05, 3.63) is 34.9 Å². The van der Waals surface area contributed by atoms with Crippen LogP contribution in [-0.4, -0.2) is 6.54 Å². The molecule has 1 aromatic rings. The summed E-state index contributed by atoms with van der Waals surface area (Å²) in [5, 5.41) is 0. The van der Waals surface area contributed by atoms with E-state index >= 15 is 0 Å². The highest BCUT2D eigenvalue weighted by molar-refractivity contribution is 5.42. The van der Waals surface area contributed by atoms with Gasteiger partial charge in [0.2, 0.25) is 0 Å². The molecule has 1 rings (SSSR count). The molecule has 20 heavy (non-hydrogen) atoms. The summed E-state index contributed by atoms with van der Waals surface area (Å²) < 4.78 is 0. The predicted octanol–water partition coefficient (Wildman–Crippen LogP) is 4.91. The topological polar surface area (TPSA) is 26.0 Å². The first-order valence-corrected chi connectivity index (χ1v) is 7.75. The molecule has 0 aromatic heterocycles. The zero-order chi connectivity index (χ0) is 15.8. The molecular weight excluding hydrogens is 242 g/mol. The van der Waals surface area contributed by atoms with Crippen LogP contribution in [0.5, 0.6) is 0 Å². The molecule has 1 nitrogen and oxygen atoms in total. The maximum Gasteiger partial charge on any atom is -0.00690 e. The SMILES string of the molecule is CC(C)(C)c1ccc(C(C)(C)CCN)c(C(C)(C)C)c1. The molecule has 2 N–H and O–H groups in total. The number of benzene rings is 1. The summed E-state index contributed by atoms with van der Waals surface area (Å²) >= 11 is 0. The van der Waals surface area contributed by atoms with Crippen molar-refractivity contribution in [2.45, 2.75) is 78.1 Å². The summed E-state index contributed by atoms with van der Waals surface area (Å²) in [5.74, 6) is 0. The van der Waals surface area contributed by atoms with E-state index in [0.717, 1.165) is 13.0 Å². The van der Waals surface area contributed by atoms with Gasteiger partial charge in [-0.05, 0) is 45.9 Å². The molecule has 0 bridgehead atoms. The fraction of sp³-hybridized carbons (Fsp3) is 0.684. The molecule has 0 fully saturated rings. The first-order chi connectivity index (χ1) is 8.89. The average Bonchev–Trinajstić information content (AvgIpc) is 2.25. The van der Waals surface area contributed by atoms with Crippen molar-refractivity contribution in [3.8, 4) is 0 Å². The largest absolute Gasteiger partial charge is 0.330 e. The van der Waals surface area contributed by atoms with E-state index in [9.17, 15) is 0 Å². The van der Waals surface area contributed by atoms with E-state index in [-0.39, 0.29) is 16.2 Å². The van der Waals surface area contributed by atoms with Crippen LogP contribution in [0.25, 0.3) is 0 Å². The van der Waals surface area contributed by atoms with E-state index in [1.807, 2.05) is 0 Å². The maximum atomic E-state index is 5.81. The van der Waals surface area contributed by atoms with Crippen LogP contribution in [-0.2, 0) is 16.2 Å². The van der Waals surface area contributed by atoms with Gasteiger partial charge in [0.25, 0.3) is 0 Å². The molecule has 0 unspecified atom stereocenters. The Morgan fingerprint density at radius 3 is 1.75 bits per heavy atom. The smallest absolute Gasteiger partial charge is 0.00690 e. The molecule has 0 heterocycles. The molecule has 0 saturated carbocycles. The molecule has 0 aliphatic heterocycles. The fourth-order valence-corrected chi connectivity index (χ4v) is 2.72. The monoisotopic (exact) mass is 275 g/mol. The Balaban J connectivity index is 3.47. The van der Waals surface area contributed by atoms with Crippen molar-refractivity contribution in [2.75, 3.05) is 6.54 Å². The lowest BCUT2D eigenvalue weighted by Gasteiger charge is -2.34. The standard InChI is InChI=1S/C19H33N/c1-17(2,3)14-9-10-15(19(7,8)11-12-20)16(13-14)18(4,5)6/h9-10,13H,11-12,20H2,1-8H3. The summed E-state index contributed by atoms with van der Waals surface area (Å²) in [5.41, 5.74) is 10.6. The molecule has 0 aliphatic rings. The van der Waals surface area contributed by atoms with Crippen molar-refractivity contribution in [2.24, 2.45) is 5.73 Å². The highest BCUT2D eigenvalue weighted by Gasteiger charge is 2.29. The van der Waals surface area contributed by atoms with Crippen LogP contribution < -0.4 is 5.73 Å². The van der Waals surface area contributed by atoms with Gasteiger partial charge < -0.3 is 5.73 Å². The molecule has 0 saturated heterocycles.